The summed E-state index contributed by atoms with van der Waals surface area (Å²) in [4.78, 5) is 48.3. The average Bonchev–Trinajstić information content (AvgIpc) is 2.31. The number of anilines is 1. The molecule has 0 aliphatic carbocycles. The van der Waals surface area contributed by atoms with Gasteiger partial charge in [-0.15, -0.1) is 4.73 Å². The van der Waals surface area contributed by atoms with E-state index < -0.39 is 32.8 Å². The van der Waals surface area contributed by atoms with Crippen LogP contribution in [-0.2, 0) is 13.4 Å². The van der Waals surface area contributed by atoms with Gasteiger partial charge in [-0.1, -0.05) is 0 Å². The first-order valence-corrected chi connectivity index (χ1v) is 7.91. The first-order valence-electron chi connectivity index (χ1n) is 4.88. The fourth-order valence-corrected chi connectivity index (χ4v) is 2.84. The summed E-state index contributed by atoms with van der Waals surface area (Å²) < 4.78 is 30.3. The second kappa shape index (κ2) is 5.15. The minimum Gasteiger partial charge on any atom is -0.367 e. The van der Waals surface area contributed by atoms with Crippen molar-refractivity contribution in [2.45, 2.75) is 0 Å². The van der Waals surface area contributed by atoms with Gasteiger partial charge in [-0.05, 0) is 0 Å². The van der Waals surface area contributed by atoms with Gasteiger partial charge in [0, 0.05) is 12.4 Å². The van der Waals surface area contributed by atoms with Gasteiger partial charge >= 0.3 is 21.2 Å². The zero-order valence-corrected chi connectivity index (χ0v) is 11.6. The van der Waals surface area contributed by atoms with Gasteiger partial charge in [-0.2, -0.15) is 9.29 Å². The molecule has 2 aromatic heterocycles. The van der Waals surface area contributed by atoms with E-state index in [4.69, 9.17) is 15.5 Å². The maximum atomic E-state index is 11.5. The van der Waals surface area contributed by atoms with E-state index in [0.29, 0.717) is 4.73 Å². The van der Waals surface area contributed by atoms with Crippen LogP contribution in [0.5, 0.6) is 0 Å². The predicted octanol–water partition coefficient (Wildman–Crippen LogP) is -1.59. The lowest BCUT2D eigenvalue weighted by Crippen LogP contribution is -2.23. The molecule has 1 unspecified atom stereocenters. The number of nitrogens with two attached hydrogens (primary N) is 1. The average molecular weight is 339 g/mol. The summed E-state index contributed by atoms with van der Waals surface area (Å²) in [6.45, 7) is 0. The molecule has 0 aliphatic heterocycles. The van der Waals surface area contributed by atoms with E-state index in [1.807, 2.05) is 0 Å². The summed E-state index contributed by atoms with van der Waals surface area (Å²) in [5.41, 5.74) is 3.73. The molecular formula is C6H7N5O8P2. The molecule has 21 heavy (non-hydrogen) atoms. The Balaban J connectivity index is 2.55. The Labute approximate surface area is 114 Å². The van der Waals surface area contributed by atoms with Crippen molar-refractivity contribution in [1.82, 2.24) is 19.7 Å². The number of hydrogen-bond acceptors (Lipinski definition) is 9. The largest absolute Gasteiger partial charge is 0.555 e. The van der Waals surface area contributed by atoms with Crippen LogP contribution >= 0.6 is 15.6 Å². The molecule has 5 N–H and O–H groups in total. The molecule has 1 atom stereocenters. The highest BCUT2D eigenvalue weighted by Gasteiger charge is 2.35. The Hall–Kier alpha value is -1.88. The highest BCUT2D eigenvalue weighted by Crippen LogP contribution is 2.55. The molecule has 0 fully saturated rings. The van der Waals surface area contributed by atoms with Crippen molar-refractivity contribution >= 4 is 32.8 Å². The number of nitrogen functional groups attached to an aromatic ring is 1. The monoisotopic (exact) mass is 339 g/mol. The Bertz CT molecular complexity index is 845. The van der Waals surface area contributed by atoms with Crippen molar-refractivity contribution in [3.8, 4) is 0 Å². The molecule has 13 nitrogen and oxygen atoms in total. The molecule has 0 spiro atoms. The highest BCUT2D eigenvalue weighted by molar-refractivity contribution is 7.60. The lowest BCUT2D eigenvalue weighted by Gasteiger charge is -2.16. The normalized spacial score (nSPS) is 14.8. The van der Waals surface area contributed by atoms with Crippen LogP contribution in [0.3, 0.4) is 0 Å². The third-order valence-electron chi connectivity index (χ3n) is 1.89. The molecular weight excluding hydrogens is 332 g/mol. The molecule has 0 bridgehead atoms. The molecule has 0 saturated heterocycles. The van der Waals surface area contributed by atoms with E-state index in [-0.39, 0.29) is 5.52 Å². The number of aromatic nitrogens is 4. The fourth-order valence-electron chi connectivity index (χ4n) is 1.27. The zero-order valence-electron chi connectivity index (χ0n) is 9.80. The molecule has 2 heterocycles. The van der Waals surface area contributed by atoms with E-state index in [0.717, 1.165) is 12.4 Å². The Morgan fingerprint density at radius 1 is 1.19 bits per heavy atom. The van der Waals surface area contributed by atoms with Crippen LogP contribution in [-0.4, -0.2) is 34.4 Å². The number of hydrogen-bond donors (Lipinski definition) is 4. The first kappa shape index (κ1) is 15.5. The van der Waals surface area contributed by atoms with E-state index in [9.17, 15) is 18.8 Å². The highest BCUT2D eigenvalue weighted by atomic mass is 31.3. The molecule has 0 aliphatic rings. The van der Waals surface area contributed by atoms with Crippen LogP contribution in [0.15, 0.2) is 17.2 Å². The van der Waals surface area contributed by atoms with Crippen LogP contribution in [0.4, 0.5) is 5.95 Å². The maximum absolute atomic E-state index is 11.5. The summed E-state index contributed by atoms with van der Waals surface area (Å²) in [5, 5.41) is 0. The van der Waals surface area contributed by atoms with Gasteiger partial charge < -0.3 is 20.1 Å². The third-order valence-corrected chi connectivity index (χ3v) is 3.94. The second-order valence-corrected chi connectivity index (χ2v) is 6.16. The van der Waals surface area contributed by atoms with Crippen LogP contribution in [0.1, 0.15) is 0 Å². The number of nitrogens with zero attached hydrogens (tertiary/aromatic N) is 4. The quantitative estimate of drug-likeness (QED) is 0.466. The SMILES string of the molecule is Nc1nc(=O)c2nccnc2n1OP(=O)(O)OP(=O)(O)O. The van der Waals surface area contributed by atoms with Gasteiger partial charge in [0.2, 0.25) is 11.6 Å². The van der Waals surface area contributed by atoms with Crippen molar-refractivity contribution in [3.63, 3.8) is 0 Å². The number of phosphoric acid groups is 2. The number of fused-ring (bicyclic) bond motifs is 1. The first-order chi connectivity index (χ1) is 9.59. The molecule has 0 radical (unpaired) electrons. The van der Waals surface area contributed by atoms with Crippen molar-refractivity contribution in [2.75, 3.05) is 5.73 Å². The standard InChI is InChI=1S/C6H7N5O8P2/c7-6-10-5(12)3-4(9-2-1-8-3)11(6)18-21(16,17)19-20(13,14)15/h1-2H,(H,16,17)(H2,7,10,12)(H2,13,14,15). The fraction of sp³-hybridized carbons (Fsp3) is 0. The summed E-state index contributed by atoms with van der Waals surface area (Å²) in [5.74, 6) is -0.698. The molecule has 15 heteroatoms. The Morgan fingerprint density at radius 2 is 1.81 bits per heavy atom. The summed E-state index contributed by atoms with van der Waals surface area (Å²) in [6.07, 6.45) is 2.27. The lowest BCUT2D eigenvalue weighted by atomic mass is 10.5. The van der Waals surface area contributed by atoms with Gasteiger partial charge in [0.15, 0.2) is 5.52 Å². The summed E-state index contributed by atoms with van der Waals surface area (Å²) >= 11 is 0. The van der Waals surface area contributed by atoms with Crippen molar-refractivity contribution in [3.05, 3.63) is 22.7 Å². The van der Waals surface area contributed by atoms with E-state index in [2.05, 4.69) is 23.9 Å². The Morgan fingerprint density at radius 3 is 2.43 bits per heavy atom. The van der Waals surface area contributed by atoms with Crippen LogP contribution < -0.4 is 15.9 Å². The van der Waals surface area contributed by atoms with Gasteiger partial charge in [-0.25, -0.2) is 19.1 Å². The zero-order chi connectivity index (χ0) is 15.8. The minimum atomic E-state index is -5.32. The molecule has 0 aromatic carbocycles. The Kier molecular flexibility index (Phi) is 3.80. The number of rotatable bonds is 4. The molecule has 0 amide bonds. The summed E-state index contributed by atoms with van der Waals surface area (Å²) in [6, 6.07) is 0. The molecule has 2 aromatic rings. The van der Waals surface area contributed by atoms with Crippen LogP contribution in [0, 0.1) is 0 Å². The van der Waals surface area contributed by atoms with Gasteiger partial charge in [0.25, 0.3) is 0 Å². The maximum Gasteiger partial charge on any atom is 0.555 e. The van der Waals surface area contributed by atoms with Gasteiger partial charge in [-0.3, -0.25) is 9.69 Å². The molecule has 114 valence electrons. The smallest absolute Gasteiger partial charge is 0.367 e. The van der Waals surface area contributed by atoms with Gasteiger partial charge in [0.05, 0.1) is 0 Å². The van der Waals surface area contributed by atoms with E-state index in [1.54, 1.807) is 0 Å². The predicted molar refractivity (Wildman–Crippen MR) is 65.5 cm³/mol. The van der Waals surface area contributed by atoms with Gasteiger partial charge in [0.1, 0.15) is 0 Å². The van der Waals surface area contributed by atoms with Crippen LogP contribution in [0.2, 0.25) is 0 Å². The summed E-state index contributed by atoms with van der Waals surface area (Å²) in [7, 11) is -10.6. The minimum absolute atomic E-state index is 0.306. The van der Waals surface area contributed by atoms with Crippen LogP contribution in [0.25, 0.3) is 11.2 Å². The molecule has 2 rings (SSSR count). The van der Waals surface area contributed by atoms with Crippen molar-refractivity contribution in [2.24, 2.45) is 0 Å². The van der Waals surface area contributed by atoms with Crippen molar-refractivity contribution in [1.29, 1.82) is 0 Å². The third kappa shape index (κ3) is 3.61. The lowest BCUT2D eigenvalue weighted by molar-refractivity contribution is 0.169. The van der Waals surface area contributed by atoms with E-state index >= 15 is 0 Å². The van der Waals surface area contributed by atoms with Crippen molar-refractivity contribution < 1.29 is 32.7 Å². The molecule has 0 saturated carbocycles. The topological polar surface area (TPSA) is 200 Å². The van der Waals surface area contributed by atoms with E-state index in [1.165, 1.54) is 0 Å². The second-order valence-electron chi connectivity index (χ2n) is 3.42.